The lowest BCUT2D eigenvalue weighted by atomic mass is 9.99. The van der Waals surface area contributed by atoms with E-state index in [9.17, 15) is 44.2 Å². The van der Waals surface area contributed by atoms with Crippen molar-refractivity contribution in [1.82, 2.24) is 5.32 Å². The van der Waals surface area contributed by atoms with Crippen molar-refractivity contribution in [2.24, 2.45) is 0 Å². The number of hydrogen-bond acceptors (Lipinski definition) is 10. The molecular formula is C36H53F2NO10. The van der Waals surface area contributed by atoms with Crippen molar-refractivity contribution in [1.29, 1.82) is 0 Å². The highest BCUT2D eigenvalue weighted by Gasteiger charge is 2.44. The van der Waals surface area contributed by atoms with E-state index in [1.54, 1.807) is 0 Å². The summed E-state index contributed by atoms with van der Waals surface area (Å²) in [4.78, 5) is 12.7. The van der Waals surface area contributed by atoms with E-state index in [0.29, 0.717) is 25.0 Å². The molecule has 1 aliphatic heterocycles. The number of amides is 1. The number of unbranched alkanes of at least 4 members (excludes halogenated alkanes) is 7. The molecule has 1 fully saturated rings. The molecule has 2 aromatic carbocycles. The Morgan fingerprint density at radius 3 is 2.12 bits per heavy atom. The first-order chi connectivity index (χ1) is 23.5. The summed E-state index contributed by atoms with van der Waals surface area (Å²) in [6.45, 7) is 0.870. The van der Waals surface area contributed by atoms with Gasteiger partial charge in [-0.25, -0.2) is 8.78 Å². The van der Waals surface area contributed by atoms with Crippen LogP contribution in [0.3, 0.4) is 0 Å². The number of carbonyl (C=O) groups is 1. The number of nitrogens with one attached hydrogen (secondary N) is 1. The fourth-order valence-corrected chi connectivity index (χ4v) is 5.72. The molecule has 1 heterocycles. The molecule has 3 rings (SSSR count). The van der Waals surface area contributed by atoms with E-state index >= 15 is 0 Å². The zero-order valence-electron chi connectivity index (χ0n) is 28.1. The normalized spacial score (nSPS) is 22.8. The van der Waals surface area contributed by atoms with Crippen LogP contribution in [0.4, 0.5) is 8.78 Å². The number of halogens is 2. The number of aliphatic hydroxyl groups excluding tert-OH is 6. The molecule has 11 nitrogen and oxygen atoms in total. The average molecular weight is 698 g/mol. The molecule has 8 atom stereocenters. The standard InChI is InChI=1S/C36H53F2NO10/c1-2-11-29(41)32(43)28(22-47-36-35(46)34(45)33(44)30(21-40)49-36)39-31(42)13-10-8-6-4-3-5-7-9-12-23-14-16-24(17-15-23)48-25-18-19-26(37)27(38)20-25/h14-20,28-30,32-36,40-41,43-46H,2-13,21-22H2,1H3,(H,39,42)/t28-,29+,30?,32-,33-,34?,35?,36-/m0/s1. The molecule has 3 unspecified atom stereocenters. The Hall–Kier alpha value is -2.75. The van der Waals surface area contributed by atoms with Crippen molar-refractivity contribution < 1.29 is 58.4 Å². The maximum atomic E-state index is 13.4. The summed E-state index contributed by atoms with van der Waals surface area (Å²) >= 11 is 0. The summed E-state index contributed by atoms with van der Waals surface area (Å²) in [6, 6.07) is 9.96. The van der Waals surface area contributed by atoms with Crippen LogP contribution in [0.5, 0.6) is 11.5 Å². The second-order valence-corrected chi connectivity index (χ2v) is 12.7. The van der Waals surface area contributed by atoms with Gasteiger partial charge in [-0.2, -0.15) is 0 Å². The summed E-state index contributed by atoms with van der Waals surface area (Å²) < 4.78 is 42.9. The Morgan fingerprint density at radius 1 is 0.857 bits per heavy atom. The van der Waals surface area contributed by atoms with Gasteiger partial charge in [0.15, 0.2) is 17.9 Å². The molecule has 2 aromatic rings. The fraction of sp³-hybridized carbons (Fsp3) is 0.639. The smallest absolute Gasteiger partial charge is 0.220 e. The summed E-state index contributed by atoms with van der Waals surface area (Å²) in [6.07, 6.45) is 0.0270. The van der Waals surface area contributed by atoms with Crippen LogP contribution in [-0.2, 0) is 20.7 Å². The van der Waals surface area contributed by atoms with Crippen LogP contribution in [0.15, 0.2) is 42.5 Å². The molecule has 1 aliphatic rings. The van der Waals surface area contributed by atoms with Crippen LogP contribution in [0, 0.1) is 11.6 Å². The second kappa shape index (κ2) is 21.5. The predicted molar refractivity (Wildman–Crippen MR) is 177 cm³/mol. The minimum atomic E-state index is -1.63. The summed E-state index contributed by atoms with van der Waals surface area (Å²) in [5.74, 6) is -1.41. The number of hydrogen-bond donors (Lipinski definition) is 7. The number of carbonyl (C=O) groups excluding carboxylic acids is 1. The van der Waals surface area contributed by atoms with Crippen molar-refractivity contribution in [3.05, 3.63) is 59.7 Å². The van der Waals surface area contributed by atoms with Crippen LogP contribution < -0.4 is 10.1 Å². The molecule has 1 amide bonds. The Balaban J connectivity index is 1.29. The van der Waals surface area contributed by atoms with Crippen molar-refractivity contribution >= 4 is 5.91 Å². The van der Waals surface area contributed by atoms with Gasteiger partial charge in [-0.1, -0.05) is 64.0 Å². The number of benzene rings is 2. The van der Waals surface area contributed by atoms with E-state index < -0.39 is 67.2 Å². The van der Waals surface area contributed by atoms with Gasteiger partial charge in [-0.3, -0.25) is 4.79 Å². The topological polar surface area (TPSA) is 178 Å². The lowest BCUT2D eigenvalue weighted by Crippen LogP contribution is -2.60. The average Bonchev–Trinajstić information content (AvgIpc) is 3.09. The molecule has 0 aliphatic carbocycles. The van der Waals surface area contributed by atoms with Gasteiger partial charge in [-0.05, 0) is 55.5 Å². The predicted octanol–water partition coefficient (Wildman–Crippen LogP) is 3.63. The van der Waals surface area contributed by atoms with Gasteiger partial charge >= 0.3 is 0 Å². The maximum absolute atomic E-state index is 13.4. The zero-order chi connectivity index (χ0) is 35.8. The molecule has 0 radical (unpaired) electrons. The van der Waals surface area contributed by atoms with Crippen LogP contribution in [0.1, 0.15) is 83.1 Å². The molecule has 0 saturated carbocycles. The minimum absolute atomic E-state index is 0.220. The highest BCUT2D eigenvalue weighted by molar-refractivity contribution is 5.76. The largest absolute Gasteiger partial charge is 0.457 e. The van der Waals surface area contributed by atoms with Crippen LogP contribution in [0.25, 0.3) is 0 Å². The first-order valence-electron chi connectivity index (χ1n) is 17.3. The van der Waals surface area contributed by atoms with E-state index in [-0.39, 0.29) is 24.7 Å². The molecule has 1 saturated heterocycles. The third kappa shape index (κ3) is 13.5. The van der Waals surface area contributed by atoms with Crippen molar-refractivity contribution in [3.8, 4) is 11.5 Å². The van der Waals surface area contributed by atoms with Crippen LogP contribution in [-0.4, -0.2) is 98.7 Å². The van der Waals surface area contributed by atoms with Crippen LogP contribution >= 0.6 is 0 Å². The lowest BCUT2D eigenvalue weighted by molar-refractivity contribution is -0.303. The Kier molecular flexibility index (Phi) is 17.8. The quantitative estimate of drug-likeness (QED) is 0.0900. The number of ether oxygens (including phenoxy) is 3. The van der Waals surface area contributed by atoms with Crippen LogP contribution in [0.2, 0.25) is 0 Å². The highest BCUT2D eigenvalue weighted by Crippen LogP contribution is 2.25. The van der Waals surface area contributed by atoms with E-state index in [1.165, 1.54) is 11.6 Å². The molecule has 49 heavy (non-hydrogen) atoms. The molecule has 0 aromatic heterocycles. The summed E-state index contributed by atoms with van der Waals surface area (Å²) in [5, 5.41) is 63.4. The number of aryl methyl sites for hydroxylation is 1. The van der Waals surface area contributed by atoms with E-state index in [2.05, 4.69) is 5.32 Å². The molecule has 7 N–H and O–H groups in total. The van der Waals surface area contributed by atoms with Gasteiger partial charge in [0.05, 0.1) is 25.4 Å². The molecule has 0 bridgehead atoms. The lowest BCUT2D eigenvalue weighted by Gasteiger charge is -2.40. The van der Waals surface area contributed by atoms with Gasteiger partial charge in [0.1, 0.15) is 42.0 Å². The number of rotatable bonds is 22. The Bertz CT molecular complexity index is 1240. The van der Waals surface area contributed by atoms with Crippen molar-refractivity contribution in [3.63, 3.8) is 0 Å². The number of aliphatic hydroxyl groups is 6. The van der Waals surface area contributed by atoms with Gasteiger partial charge < -0.3 is 50.2 Å². The summed E-state index contributed by atoms with van der Waals surface area (Å²) in [5.41, 5.74) is 1.17. The highest BCUT2D eigenvalue weighted by atomic mass is 19.2. The van der Waals surface area contributed by atoms with Gasteiger partial charge in [-0.15, -0.1) is 0 Å². The van der Waals surface area contributed by atoms with E-state index in [0.717, 1.165) is 63.5 Å². The Labute approximate surface area is 286 Å². The maximum Gasteiger partial charge on any atom is 0.220 e. The first kappa shape index (κ1) is 40.7. The molecule has 0 spiro atoms. The zero-order valence-corrected chi connectivity index (χ0v) is 28.1. The third-order valence-corrected chi connectivity index (χ3v) is 8.70. The van der Waals surface area contributed by atoms with Gasteiger partial charge in [0.2, 0.25) is 5.91 Å². The first-order valence-corrected chi connectivity index (χ1v) is 17.3. The third-order valence-electron chi connectivity index (χ3n) is 8.70. The molecule has 13 heteroatoms. The Morgan fingerprint density at radius 2 is 1.49 bits per heavy atom. The second-order valence-electron chi connectivity index (χ2n) is 12.7. The molecular weight excluding hydrogens is 644 g/mol. The van der Waals surface area contributed by atoms with E-state index in [1.807, 2.05) is 31.2 Å². The fourth-order valence-electron chi connectivity index (χ4n) is 5.72. The van der Waals surface area contributed by atoms with Crippen molar-refractivity contribution in [2.75, 3.05) is 13.2 Å². The van der Waals surface area contributed by atoms with Gasteiger partial charge in [0.25, 0.3) is 0 Å². The molecule has 276 valence electrons. The monoisotopic (exact) mass is 697 g/mol. The van der Waals surface area contributed by atoms with E-state index in [4.69, 9.17) is 14.2 Å². The summed E-state index contributed by atoms with van der Waals surface area (Å²) in [7, 11) is 0. The minimum Gasteiger partial charge on any atom is -0.457 e. The van der Waals surface area contributed by atoms with Gasteiger partial charge in [0, 0.05) is 12.5 Å². The SMILES string of the molecule is CCC[C@@H](O)[C@@H](O)[C@H](CO[C@H]1OC(CO)[C@H](O)C(O)C1O)NC(=O)CCCCCCCCCCc1ccc(Oc2ccc(F)c(F)c2)cc1. The van der Waals surface area contributed by atoms with Crippen molar-refractivity contribution in [2.45, 2.75) is 133 Å².